The van der Waals surface area contributed by atoms with Crippen molar-refractivity contribution in [2.75, 3.05) is 19.6 Å². The van der Waals surface area contributed by atoms with Gasteiger partial charge in [0.25, 0.3) is 0 Å². The number of hydrogen-bond donors (Lipinski definition) is 1. The summed E-state index contributed by atoms with van der Waals surface area (Å²) in [4.78, 5) is 2.41. The molecule has 1 heterocycles. The van der Waals surface area contributed by atoms with Gasteiger partial charge in [-0.25, -0.2) is 0 Å². The summed E-state index contributed by atoms with van der Waals surface area (Å²) in [5.41, 5.74) is 1.49. The zero-order chi connectivity index (χ0) is 13.0. The lowest BCUT2D eigenvalue weighted by atomic mass is 9.85. The number of nitrogens with zero attached hydrogens (tertiary/aromatic N) is 1. The maximum atomic E-state index is 10.3. The average Bonchev–Trinajstić information content (AvgIpc) is 2.52. The van der Waals surface area contributed by atoms with Gasteiger partial charge in [0.05, 0.1) is 6.10 Å². The van der Waals surface area contributed by atoms with Crippen molar-refractivity contribution < 1.29 is 5.11 Å². The molecule has 0 bridgehead atoms. The molecule has 1 aromatic rings. The van der Waals surface area contributed by atoms with Gasteiger partial charge >= 0.3 is 0 Å². The first-order chi connectivity index (χ1) is 8.57. The minimum Gasteiger partial charge on any atom is -0.387 e. The van der Waals surface area contributed by atoms with Gasteiger partial charge in [0.15, 0.2) is 0 Å². The summed E-state index contributed by atoms with van der Waals surface area (Å²) in [7, 11) is 0. The van der Waals surface area contributed by atoms with Gasteiger partial charge in [0, 0.05) is 6.54 Å². The second kappa shape index (κ2) is 5.85. The van der Waals surface area contributed by atoms with E-state index in [0.717, 1.165) is 25.2 Å². The average molecular weight is 247 g/mol. The minimum absolute atomic E-state index is 0.354. The molecular formula is C16H25NO. The number of aliphatic hydroxyl groups excluding tert-OH is 1. The van der Waals surface area contributed by atoms with Crippen molar-refractivity contribution in [3.05, 3.63) is 35.9 Å². The summed E-state index contributed by atoms with van der Waals surface area (Å²) < 4.78 is 0. The Kier molecular flexibility index (Phi) is 4.41. The van der Waals surface area contributed by atoms with E-state index in [1.807, 2.05) is 30.3 Å². The smallest absolute Gasteiger partial charge is 0.0916 e. The summed E-state index contributed by atoms with van der Waals surface area (Å²) in [6, 6.07) is 9.98. The van der Waals surface area contributed by atoms with Crippen molar-refractivity contribution in [2.24, 2.45) is 5.41 Å². The molecule has 1 aromatic carbocycles. The summed E-state index contributed by atoms with van der Waals surface area (Å²) in [6.07, 6.45) is 3.42. The van der Waals surface area contributed by atoms with Gasteiger partial charge in [0.2, 0.25) is 0 Å². The van der Waals surface area contributed by atoms with E-state index in [0.29, 0.717) is 5.41 Å². The molecule has 1 unspecified atom stereocenters. The molecule has 1 saturated heterocycles. The van der Waals surface area contributed by atoms with Crippen molar-refractivity contribution in [2.45, 2.75) is 39.2 Å². The van der Waals surface area contributed by atoms with Gasteiger partial charge in [-0.15, -0.1) is 0 Å². The number of rotatable bonds is 3. The van der Waals surface area contributed by atoms with Crippen molar-refractivity contribution in [3.63, 3.8) is 0 Å². The van der Waals surface area contributed by atoms with Crippen LogP contribution in [0.2, 0.25) is 0 Å². The molecule has 1 atom stereocenters. The van der Waals surface area contributed by atoms with E-state index in [1.165, 1.54) is 19.3 Å². The normalized spacial score (nSPS) is 22.4. The van der Waals surface area contributed by atoms with E-state index < -0.39 is 0 Å². The Morgan fingerprint density at radius 2 is 1.89 bits per heavy atom. The highest BCUT2D eigenvalue weighted by molar-refractivity contribution is 5.17. The van der Waals surface area contributed by atoms with Crippen LogP contribution in [0.25, 0.3) is 0 Å². The monoisotopic (exact) mass is 247 g/mol. The Hall–Kier alpha value is -0.860. The van der Waals surface area contributed by atoms with Crippen molar-refractivity contribution in [1.82, 2.24) is 4.90 Å². The van der Waals surface area contributed by atoms with Crippen LogP contribution in [0.1, 0.15) is 44.8 Å². The molecule has 1 fully saturated rings. The summed E-state index contributed by atoms with van der Waals surface area (Å²) in [5, 5.41) is 10.3. The third-order valence-electron chi connectivity index (χ3n) is 4.05. The second-order valence-corrected chi connectivity index (χ2v) is 6.24. The van der Waals surface area contributed by atoms with Gasteiger partial charge in [-0.2, -0.15) is 0 Å². The fourth-order valence-electron chi connectivity index (χ4n) is 2.69. The minimum atomic E-state index is -0.354. The standard InChI is InChI=1S/C16H25NO/c1-16(2)9-6-11-17(12-10-16)13-15(18)14-7-4-3-5-8-14/h3-5,7-8,15,18H,6,9-13H2,1-2H3. The summed E-state index contributed by atoms with van der Waals surface area (Å²) in [5.74, 6) is 0. The first-order valence-corrected chi connectivity index (χ1v) is 7.02. The van der Waals surface area contributed by atoms with Crippen LogP contribution >= 0.6 is 0 Å². The van der Waals surface area contributed by atoms with Gasteiger partial charge in [-0.1, -0.05) is 44.2 Å². The van der Waals surface area contributed by atoms with Crippen molar-refractivity contribution in [1.29, 1.82) is 0 Å². The topological polar surface area (TPSA) is 23.5 Å². The van der Waals surface area contributed by atoms with Crippen LogP contribution in [-0.2, 0) is 0 Å². The van der Waals surface area contributed by atoms with E-state index in [9.17, 15) is 5.11 Å². The lowest BCUT2D eigenvalue weighted by Gasteiger charge is -2.25. The van der Waals surface area contributed by atoms with Crippen LogP contribution < -0.4 is 0 Å². The molecule has 1 aliphatic rings. The first kappa shape index (κ1) is 13.6. The largest absolute Gasteiger partial charge is 0.387 e. The molecular weight excluding hydrogens is 222 g/mol. The van der Waals surface area contributed by atoms with Gasteiger partial charge in [-0.05, 0) is 43.3 Å². The second-order valence-electron chi connectivity index (χ2n) is 6.24. The SMILES string of the molecule is CC1(C)CCCN(CC(O)c2ccccc2)CC1. The van der Waals surface area contributed by atoms with Crippen molar-refractivity contribution in [3.8, 4) is 0 Å². The van der Waals surface area contributed by atoms with Gasteiger partial charge in [0.1, 0.15) is 0 Å². The van der Waals surface area contributed by atoms with Crippen molar-refractivity contribution >= 4 is 0 Å². The number of aliphatic hydroxyl groups is 1. The van der Waals surface area contributed by atoms with Crippen LogP contribution in [0.4, 0.5) is 0 Å². The van der Waals surface area contributed by atoms with E-state index in [-0.39, 0.29) is 6.10 Å². The van der Waals surface area contributed by atoms with Gasteiger partial charge in [-0.3, -0.25) is 0 Å². The molecule has 2 heteroatoms. The first-order valence-electron chi connectivity index (χ1n) is 7.02. The molecule has 2 nitrogen and oxygen atoms in total. The lowest BCUT2D eigenvalue weighted by molar-refractivity contribution is 0.113. The summed E-state index contributed by atoms with van der Waals surface area (Å²) in [6.45, 7) is 7.69. The fourth-order valence-corrected chi connectivity index (χ4v) is 2.69. The van der Waals surface area contributed by atoms with Crippen LogP contribution in [0.5, 0.6) is 0 Å². The molecule has 0 radical (unpaired) electrons. The van der Waals surface area contributed by atoms with Crippen LogP contribution in [0.15, 0.2) is 30.3 Å². The molecule has 0 aromatic heterocycles. The Morgan fingerprint density at radius 1 is 1.17 bits per heavy atom. The number of β-amino-alcohol motifs (C(OH)–C–C–N with tert-alkyl or cyclic N) is 1. The van der Waals surface area contributed by atoms with Crippen LogP contribution in [0.3, 0.4) is 0 Å². The number of likely N-dealkylation sites (tertiary alicyclic amines) is 1. The van der Waals surface area contributed by atoms with E-state index in [2.05, 4.69) is 18.7 Å². The maximum Gasteiger partial charge on any atom is 0.0916 e. The highest BCUT2D eigenvalue weighted by Gasteiger charge is 2.24. The maximum absolute atomic E-state index is 10.3. The Balaban J connectivity index is 1.90. The number of benzene rings is 1. The zero-order valence-electron chi connectivity index (χ0n) is 11.6. The molecule has 1 N–H and O–H groups in total. The predicted molar refractivity (Wildman–Crippen MR) is 75.5 cm³/mol. The molecule has 0 spiro atoms. The molecule has 0 aliphatic carbocycles. The Labute approximate surface area is 111 Å². The molecule has 2 rings (SSSR count). The highest BCUT2D eigenvalue weighted by atomic mass is 16.3. The predicted octanol–water partition coefficient (Wildman–Crippen LogP) is 3.23. The summed E-state index contributed by atoms with van der Waals surface area (Å²) >= 11 is 0. The number of hydrogen-bond acceptors (Lipinski definition) is 2. The lowest BCUT2D eigenvalue weighted by Crippen LogP contribution is -2.30. The molecule has 18 heavy (non-hydrogen) atoms. The van der Waals surface area contributed by atoms with Gasteiger partial charge < -0.3 is 10.0 Å². The van der Waals surface area contributed by atoms with E-state index >= 15 is 0 Å². The van der Waals surface area contributed by atoms with E-state index in [1.54, 1.807) is 0 Å². The quantitative estimate of drug-likeness (QED) is 0.886. The highest BCUT2D eigenvalue weighted by Crippen LogP contribution is 2.30. The molecule has 0 saturated carbocycles. The Bertz CT molecular complexity index is 361. The molecule has 100 valence electrons. The van der Waals surface area contributed by atoms with Crippen LogP contribution in [0, 0.1) is 5.41 Å². The van der Waals surface area contributed by atoms with E-state index in [4.69, 9.17) is 0 Å². The Morgan fingerprint density at radius 3 is 2.61 bits per heavy atom. The third kappa shape index (κ3) is 3.82. The van der Waals surface area contributed by atoms with Crippen LogP contribution in [-0.4, -0.2) is 29.6 Å². The fraction of sp³-hybridized carbons (Fsp3) is 0.625. The third-order valence-corrected chi connectivity index (χ3v) is 4.05. The molecule has 1 aliphatic heterocycles. The zero-order valence-corrected chi connectivity index (χ0v) is 11.6. The molecule has 0 amide bonds.